The molecule has 0 spiro atoms. The molecule has 2 aromatic rings. The Bertz CT molecular complexity index is 569. The fourth-order valence-corrected chi connectivity index (χ4v) is 3.52. The van der Waals surface area contributed by atoms with Crippen molar-refractivity contribution in [3.8, 4) is 0 Å². The third-order valence-corrected chi connectivity index (χ3v) is 5.08. The number of thiophene rings is 1. The zero-order valence-electron chi connectivity index (χ0n) is 12.5. The monoisotopic (exact) mass is 336 g/mol. The zero-order valence-corrected chi connectivity index (χ0v) is 14.1. The van der Waals surface area contributed by atoms with E-state index in [9.17, 15) is 5.11 Å². The molecule has 1 N–H and O–H groups in total. The van der Waals surface area contributed by atoms with Crippen LogP contribution in [0.2, 0.25) is 5.02 Å². The van der Waals surface area contributed by atoms with Crippen molar-refractivity contribution in [3.05, 3.63) is 51.7 Å². The van der Waals surface area contributed by atoms with Crippen molar-refractivity contribution in [2.45, 2.75) is 19.1 Å². The number of hydrogen-bond donors (Lipinski definition) is 1. The summed E-state index contributed by atoms with van der Waals surface area (Å²) in [5.41, 5.74) is 1.10. The Morgan fingerprint density at radius 3 is 2.59 bits per heavy atom. The molecular weight excluding hydrogens is 316 g/mol. The Kier molecular flexibility index (Phi) is 5.37. The van der Waals surface area contributed by atoms with E-state index in [0.717, 1.165) is 36.9 Å². The molecular formula is C17H21ClN2OS. The molecule has 22 heavy (non-hydrogen) atoms. The number of aliphatic hydroxyl groups is 1. The van der Waals surface area contributed by atoms with E-state index in [-0.39, 0.29) is 6.10 Å². The van der Waals surface area contributed by atoms with E-state index < -0.39 is 0 Å². The SMILES string of the molecule is OC(CN1CCC1)CN(Cc1cccs1)c1ccc(Cl)cc1. The predicted molar refractivity (Wildman–Crippen MR) is 93.9 cm³/mol. The first-order valence-electron chi connectivity index (χ1n) is 7.64. The Balaban J connectivity index is 1.68. The van der Waals surface area contributed by atoms with Gasteiger partial charge in [-0.05, 0) is 55.2 Å². The summed E-state index contributed by atoms with van der Waals surface area (Å²) in [4.78, 5) is 5.83. The van der Waals surface area contributed by atoms with E-state index in [2.05, 4.69) is 27.3 Å². The summed E-state index contributed by atoms with van der Waals surface area (Å²) in [5, 5.41) is 13.2. The Hall–Kier alpha value is -1.07. The second-order valence-corrected chi connectivity index (χ2v) is 7.21. The predicted octanol–water partition coefficient (Wildman–Crippen LogP) is 3.47. The smallest absolute Gasteiger partial charge is 0.0841 e. The number of anilines is 1. The summed E-state index contributed by atoms with van der Waals surface area (Å²) in [6.07, 6.45) is 0.916. The van der Waals surface area contributed by atoms with Gasteiger partial charge in [0.1, 0.15) is 0 Å². The molecule has 1 unspecified atom stereocenters. The number of benzene rings is 1. The minimum absolute atomic E-state index is 0.337. The van der Waals surface area contributed by atoms with Crippen LogP contribution in [0.3, 0.4) is 0 Å². The number of β-amino-alcohol motifs (C(OH)–C–C–N with tert-alkyl or cyclic N) is 1. The van der Waals surface area contributed by atoms with Crippen LogP contribution in [0, 0.1) is 0 Å². The van der Waals surface area contributed by atoms with Crippen molar-refractivity contribution in [2.75, 3.05) is 31.1 Å². The van der Waals surface area contributed by atoms with Crippen LogP contribution in [0.25, 0.3) is 0 Å². The average Bonchev–Trinajstić information content (AvgIpc) is 2.96. The third-order valence-electron chi connectivity index (χ3n) is 3.97. The molecule has 2 heterocycles. The fourth-order valence-electron chi connectivity index (χ4n) is 2.68. The normalized spacial score (nSPS) is 16.3. The number of aliphatic hydroxyl groups excluding tert-OH is 1. The van der Waals surface area contributed by atoms with Gasteiger partial charge in [-0.3, -0.25) is 0 Å². The average molecular weight is 337 g/mol. The molecule has 0 amide bonds. The van der Waals surface area contributed by atoms with E-state index >= 15 is 0 Å². The summed E-state index contributed by atoms with van der Waals surface area (Å²) in [5.74, 6) is 0. The highest BCUT2D eigenvalue weighted by Crippen LogP contribution is 2.22. The molecule has 118 valence electrons. The van der Waals surface area contributed by atoms with Crippen molar-refractivity contribution in [3.63, 3.8) is 0 Å². The molecule has 5 heteroatoms. The van der Waals surface area contributed by atoms with Crippen molar-refractivity contribution in [1.82, 2.24) is 4.90 Å². The molecule has 0 radical (unpaired) electrons. The van der Waals surface area contributed by atoms with Crippen LogP contribution in [0.4, 0.5) is 5.69 Å². The third kappa shape index (κ3) is 4.23. The second-order valence-electron chi connectivity index (χ2n) is 5.74. The molecule has 1 aromatic carbocycles. The highest BCUT2D eigenvalue weighted by atomic mass is 35.5. The van der Waals surface area contributed by atoms with Gasteiger partial charge in [-0.25, -0.2) is 0 Å². The van der Waals surface area contributed by atoms with Gasteiger partial charge in [-0.2, -0.15) is 0 Å². The summed E-state index contributed by atoms with van der Waals surface area (Å²) in [6, 6.07) is 12.0. The molecule has 0 aliphatic carbocycles. The van der Waals surface area contributed by atoms with Crippen LogP contribution in [0.15, 0.2) is 41.8 Å². The number of hydrogen-bond acceptors (Lipinski definition) is 4. The van der Waals surface area contributed by atoms with Crippen molar-refractivity contribution >= 4 is 28.6 Å². The Morgan fingerprint density at radius 1 is 1.23 bits per heavy atom. The summed E-state index contributed by atoms with van der Waals surface area (Å²) >= 11 is 7.73. The maximum atomic E-state index is 10.4. The Labute approximate surface area is 140 Å². The van der Waals surface area contributed by atoms with Gasteiger partial charge in [0.25, 0.3) is 0 Å². The molecule has 1 fully saturated rings. The largest absolute Gasteiger partial charge is 0.390 e. The van der Waals surface area contributed by atoms with Crippen LogP contribution >= 0.6 is 22.9 Å². The molecule has 1 atom stereocenters. The summed E-state index contributed by atoms with van der Waals surface area (Å²) < 4.78 is 0. The number of likely N-dealkylation sites (tertiary alicyclic amines) is 1. The van der Waals surface area contributed by atoms with Crippen LogP contribution in [0.1, 0.15) is 11.3 Å². The fraction of sp³-hybridized carbons (Fsp3) is 0.412. The summed E-state index contributed by atoms with van der Waals surface area (Å²) in [6.45, 7) is 4.44. The zero-order chi connectivity index (χ0) is 15.4. The minimum Gasteiger partial charge on any atom is -0.390 e. The van der Waals surface area contributed by atoms with Crippen molar-refractivity contribution in [2.24, 2.45) is 0 Å². The van der Waals surface area contributed by atoms with Crippen LogP contribution in [-0.2, 0) is 6.54 Å². The Morgan fingerprint density at radius 2 is 2.00 bits per heavy atom. The van der Waals surface area contributed by atoms with Gasteiger partial charge in [-0.15, -0.1) is 11.3 Å². The number of rotatable bonds is 7. The molecule has 1 aliphatic rings. The van der Waals surface area contributed by atoms with E-state index in [1.54, 1.807) is 11.3 Å². The molecule has 1 saturated heterocycles. The topological polar surface area (TPSA) is 26.7 Å². The molecule has 3 rings (SSSR count). The lowest BCUT2D eigenvalue weighted by Gasteiger charge is -2.34. The highest BCUT2D eigenvalue weighted by molar-refractivity contribution is 7.09. The maximum Gasteiger partial charge on any atom is 0.0841 e. The lowest BCUT2D eigenvalue weighted by Crippen LogP contribution is -2.45. The number of nitrogens with zero attached hydrogens (tertiary/aromatic N) is 2. The molecule has 0 bridgehead atoms. The van der Waals surface area contributed by atoms with Gasteiger partial charge in [0.15, 0.2) is 0 Å². The van der Waals surface area contributed by atoms with Gasteiger partial charge in [0.2, 0.25) is 0 Å². The van der Waals surface area contributed by atoms with Gasteiger partial charge in [0, 0.05) is 28.7 Å². The lowest BCUT2D eigenvalue weighted by molar-refractivity contribution is 0.0823. The maximum absolute atomic E-state index is 10.4. The molecule has 3 nitrogen and oxygen atoms in total. The van der Waals surface area contributed by atoms with Crippen molar-refractivity contribution < 1.29 is 5.11 Å². The van der Waals surface area contributed by atoms with E-state index in [1.807, 2.05) is 24.3 Å². The summed E-state index contributed by atoms with van der Waals surface area (Å²) in [7, 11) is 0. The van der Waals surface area contributed by atoms with Gasteiger partial charge in [0.05, 0.1) is 12.6 Å². The van der Waals surface area contributed by atoms with Gasteiger partial charge < -0.3 is 14.9 Å². The van der Waals surface area contributed by atoms with E-state index in [1.165, 1.54) is 11.3 Å². The quantitative estimate of drug-likeness (QED) is 0.838. The minimum atomic E-state index is -0.337. The highest BCUT2D eigenvalue weighted by Gasteiger charge is 2.20. The van der Waals surface area contributed by atoms with Crippen LogP contribution in [0.5, 0.6) is 0 Å². The first kappa shape index (κ1) is 15.8. The van der Waals surface area contributed by atoms with Crippen LogP contribution < -0.4 is 4.90 Å². The standard InChI is InChI=1S/C17H21ClN2OS/c18-14-4-6-15(7-5-14)20(13-17-3-1-10-22-17)12-16(21)11-19-8-2-9-19/h1,3-7,10,16,21H,2,8-9,11-13H2. The number of halogens is 1. The lowest BCUT2D eigenvalue weighted by atomic mass is 10.2. The first-order valence-corrected chi connectivity index (χ1v) is 8.90. The molecule has 1 aromatic heterocycles. The van der Waals surface area contributed by atoms with Crippen molar-refractivity contribution in [1.29, 1.82) is 0 Å². The van der Waals surface area contributed by atoms with E-state index in [0.29, 0.717) is 6.54 Å². The van der Waals surface area contributed by atoms with E-state index in [4.69, 9.17) is 11.6 Å². The van der Waals surface area contributed by atoms with Gasteiger partial charge in [-0.1, -0.05) is 17.7 Å². The molecule has 0 saturated carbocycles. The second kappa shape index (κ2) is 7.47. The first-order chi connectivity index (χ1) is 10.7. The molecule has 1 aliphatic heterocycles. The van der Waals surface area contributed by atoms with Crippen LogP contribution in [-0.4, -0.2) is 42.3 Å². The van der Waals surface area contributed by atoms with Gasteiger partial charge >= 0.3 is 0 Å².